The van der Waals surface area contributed by atoms with Crippen LogP contribution in [-0.4, -0.2) is 34.0 Å². The largest absolute Gasteiger partial charge is 0.497 e. The number of fused-ring (bicyclic) bond motifs is 1. The summed E-state index contributed by atoms with van der Waals surface area (Å²) >= 11 is 6.23. The molecule has 4 rings (SSSR count). The van der Waals surface area contributed by atoms with Crippen molar-refractivity contribution < 1.29 is 9.47 Å². The minimum absolute atomic E-state index is 0.402. The number of hydrogen-bond donors (Lipinski definition) is 1. The van der Waals surface area contributed by atoms with Gasteiger partial charge in [0.05, 0.1) is 26.5 Å². The highest BCUT2D eigenvalue weighted by molar-refractivity contribution is 6.30. The number of ether oxygens (including phenoxy) is 2. The van der Waals surface area contributed by atoms with Crippen molar-refractivity contribution in [3.63, 3.8) is 0 Å². The van der Waals surface area contributed by atoms with Crippen molar-refractivity contribution in [3.8, 4) is 11.5 Å². The second kappa shape index (κ2) is 8.36. The molecule has 8 heteroatoms. The van der Waals surface area contributed by atoms with Crippen LogP contribution < -0.4 is 14.8 Å². The molecule has 0 fully saturated rings. The smallest absolute Gasteiger partial charge is 0.156 e. The van der Waals surface area contributed by atoms with Gasteiger partial charge in [0.2, 0.25) is 0 Å². The van der Waals surface area contributed by atoms with Crippen LogP contribution in [0.15, 0.2) is 54.9 Å². The van der Waals surface area contributed by atoms with Gasteiger partial charge in [-0.2, -0.15) is 5.10 Å². The van der Waals surface area contributed by atoms with Crippen molar-refractivity contribution >= 4 is 28.3 Å². The van der Waals surface area contributed by atoms with Crippen molar-refractivity contribution in [2.45, 2.75) is 13.1 Å². The van der Waals surface area contributed by atoms with Gasteiger partial charge in [0.15, 0.2) is 5.82 Å². The summed E-state index contributed by atoms with van der Waals surface area (Å²) in [4.78, 5) is 8.77. The number of aromatic nitrogens is 4. The standard InChI is InChI=1S/C21H20ClN5O2/c1-28-17-7-6-14(18(10-17)29-2)11-24-21-20-15(9-19(22)25-21)12-27(26-20)13-16-5-3-4-8-23-16/h3-10,12H,11,13H2,1-2H3,(H,24,25). The van der Waals surface area contributed by atoms with Crippen LogP contribution >= 0.6 is 11.6 Å². The molecule has 1 aromatic carbocycles. The van der Waals surface area contributed by atoms with Gasteiger partial charge >= 0.3 is 0 Å². The van der Waals surface area contributed by atoms with Crippen molar-refractivity contribution in [1.82, 2.24) is 19.7 Å². The van der Waals surface area contributed by atoms with Crippen molar-refractivity contribution in [3.05, 3.63) is 71.3 Å². The third kappa shape index (κ3) is 4.25. The Bertz CT molecular complexity index is 1130. The summed E-state index contributed by atoms with van der Waals surface area (Å²) in [6.45, 7) is 1.07. The number of nitrogens with zero attached hydrogens (tertiary/aromatic N) is 4. The Morgan fingerprint density at radius 2 is 2.00 bits per heavy atom. The van der Waals surface area contributed by atoms with Crippen LogP contribution in [0, 0.1) is 0 Å². The lowest BCUT2D eigenvalue weighted by Gasteiger charge is -2.12. The van der Waals surface area contributed by atoms with Gasteiger partial charge in [-0.15, -0.1) is 0 Å². The van der Waals surface area contributed by atoms with Crippen molar-refractivity contribution in [2.75, 3.05) is 19.5 Å². The highest BCUT2D eigenvalue weighted by Gasteiger charge is 2.12. The van der Waals surface area contributed by atoms with E-state index in [0.717, 1.165) is 33.7 Å². The zero-order chi connectivity index (χ0) is 20.2. The summed E-state index contributed by atoms with van der Waals surface area (Å²) in [6, 6.07) is 13.3. The fourth-order valence-electron chi connectivity index (χ4n) is 3.09. The summed E-state index contributed by atoms with van der Waals surface area (Å²) < 4.78 is 12.6. The Labute approximate surface area is 173 Å². The minimum Gasteiger partial charge on any atom is -0.497 e. The van der Waals surface area contributed by atoms with Gasteiger partial charge in [-0.1, -0.05) is 17.7 Å². The van der Waals surface area contributed by atoms with Crippen LogP contribution in [-0.2, 0) is 13.1 Å². The second-order valence-corrected chi connectivity index (χ2v) is 6.80. The molecule has 7 nitrogen and oxygen atoms in total. The van der Waals surface area contributed by atoms with Gasteiger partial charge in [0.25, 0.3) is 0 Å². The Hall–Kier alpha value is -3.32. The maximum atomic E-state index is 6.23. The van der Waals surface area contributed by atoms with E-state index in [9.17, 15) is 0 Å². The maximum Gasteiger partial charge on any atom is 0.156 e. The molecule has 0 spiro atoms. The molecule has 3 heterocycles. The molecule has 0 atom stereocenters. The van der Waals surface area contributed by atoms with E-state index in [1.54, 1.807) is 26.5 Å². The molecule has 1 N–H and O–H groups in total. The molecule has 4 aromatic rings. The first-order chi connectivity index (χ1) is 14.2. The number of nitrogens with one attached hydrogen (secondary N) is 1. The molecule has 29 heavy (non-hydrogen) atoms. The first kappa shape index (κ1) is 19.0. The summed E-state index contributed by atoms with van der Waals surface area (Å²) in [5.41, 5.74) is 2.64. The van der Waals surface area contributed by atoms with Gasteiger partial charge in [0.1, 0.15) is 22.2 Å². The van der Waals surface area contributed by atoms with E-state index in [0.29, 0.717) is 24.1 Å². The predicted octanol–water partition coefficient (Wildman–Crippen LogP) is 4.16. The van der Waals surface area contributed by atoms with E-state index in [-0.39, 0.29) is 0 Å². The first-order valence-corrected chi connectivity index (χ1v) is 9.42. The number of pyridine rings is 2. The molecule has 0 amide bonds. The molecule has 0 radical (unpaired) electrons. The van der Waals surface area contributed by atoms with E-state index in [1.807, 2.05) is 47.3 Å². The van der Waals surface area contributed by atoms with E-state index in [1.165, 1.54) is 0 Å². The molecule has 3 aromatic heterocycles. The third-order valence-electron chi connectivity index (χ3n) is 4.50. The van der Waals surface area contributed by atoms with E-state index < -0.39 is 0 Å². The van der Waals surface area contributed by atoms with Gasteiger partial charge in [0, 0.05) is 36.0 Å². The van der Waals surface area contributed by atoms with Crippen LogP contribution in [0.5, 0.6) is 11.5 Å². The number of anilines is 1. The Balaban J connectivity index is 1.60. The van der Waals surface area contributed by atoms with Gasteiger partial charge in [-0.25, -0.2) is 4.98 Å². The Kier molecular flexibility index (Phi) is 5.48. The first-order valence-electron chi connectivity index (χ1n) is 9.04. The van der Waals surface area contributed by atoms with Crippen LogP contribution in [0.3, 0.4) is 0 Å². The average Bonchev–Trinajstić information content (AvgIpc) is 3.14. The number of halogens is 1. The summed E-state index contributed by atoms with van der Waals surface area (Å²) in [7, 11) is 3.26. The highest BCUT2D eigenvalue weighted by Crippen LogP contribution is 2.28. The van der Waals surface area contributed by atoms with Crippen molar-refractivity contribution in [1.29, 1.82) is 0 Å². The van der Waals surface area contributed by atoms with Crippen LogP contribution in [0.25, 0.3) is 10.9 Å². The normalized spacial score (nSPS) is 10.9. The number of hydrogen-bond acceptors (Lipinski definition) is 6. The molecule has 0 saturated carbocycles. The lowest BCUT2D eigenvalue weighted by atomic mass is 10.2. The molecule has 0 aliphatic rings. The molecule has 0 aliphatic heterocycles. The fourth-order valence-corrected chi connectivity index (χ4v) is 3.29. The third-order valence-corrected chi connectivity index (χ3v) is 4.69. The summed E-state index contributed by atoms with van der Waals surface area (Å²) in [5, 5.41) is 9.31. The molecule has 0 aliphatic carbocycles. The van der Waals surface area contributed by atoms with Crippen LogP contribution in [0.2, 0.25) is 5.15 Å². The van der Waals surface area contributed by atoms with E-state index >= 15 is 0 Å². The van der Waals surface area contributed by atoms with Gasteiger partial charge in [-0.05, 0) is 30.3 Å². The number of rotatable bonds is 7. The second-order valence-electron chi connectivity index (χ2n) is 6.41. The zero-order valence-electron chi connectivity index (χ0n) is 16.1. The molecular weight excluding hydrogens is 390 g/mol. The van der Waals surface area contributed by atoms with Crippen molar-refractivity contribution in [2.24, 2.45) is 0 Å². The SMILES string of the molecule is COc1ccc(CNc2nc(Cl)cc3cn(Cc4ccccn4)nc23)c(OC)c1. The van der Waals surface area contributed by atoms with Gasteiger partial charge in [-0.3, -0.25) is 9.67 Å². The lowest BCUT2D eigenvalue weighted by Crippen LogP contribution is -2.05. The highest BCUT2D eigenvalue weighted by atomic mass is 35.5. The molecule has 148 valence electrons. The Morgan fingerprint density at radius 1 is 1.10 bits per heavy atom. The molecule has 0 saturated heterocycles. The molecule has 0 unspecified atom stereocenters. The quantitative estimate of drug-likeness (QED) is 0.462. The monoisotopic (exact) mass is 409 g/mol. The topological polar surface area (TPSA) is 74.1 Å². The number of methoxy groups -OCH3 is 2. The van der Waals surface area contributed by atoms with E-state index in [2.05, 4.69) is 20.4 Å². The zero-order valence-corrected chi connectivity index (χ0v) is 16.8. The maximum absolute atomic E-state index is 6.23. The predicted molar refractivity (Wildman–Crippen MR) is 113 cm³/mol. The molecule has 0 bridgehead atoms. The lowest BCUT2D eigenvalue weighted by molar-refractivity contribution is 0.391. The summed E-state index contributed by atoms with van der Waals surface area (Å²) in [5.74, 6) is 2.09. The van der Waals surface area contributed by atoms with E-state index in [4.69, 9.17) is 21.1 Å². The average molecular weight is 410 g/mol. The van der Waals surface area contributed by atoms with Gasteiger partial charge < -0.3 is 14.8 Å². The van der Waals surface area contributed by atoms with Crippen LogP contribution in [0.1, 0.15) is 11.3 Å². The Morgan fingerprint density at radius 3 is 2.76 bits per heavy atom. The fraction of sp³-hybridized carbons (Fsp3) is 0.190. The van der Waals surface area contributed by atoms with Crippen LogP contribution in [0.4, 0.5) is 5.82 Å². The number of benzene rings is 1. The molecular formula is C21H20ClN5O2. The summed E-state index contributed by atoms with van der Waals surface area (Å²) in [6.07, 6.45) is 3.71. The minimum atomic E-state index is 0.402.